The van der Waals surface area contributed by atoms with Crippen LogP contribution in [-0.2, 0) is 11.2 Å². The average molecular weight is 299 g/mol. The minimum absolute atomic E-state index is 0.00315. The Balaban J connectivity index is 2.10. The Kier molecular flexibility index (Phi) is 4.35. The maximum Gasteiger partial charge on any atom is 0.227 e. The molecule has 1 aromatic carbocycles. The van der Waals surface area contributed by atoms with Gasteiger partial charge in [0.15, 0.2) is 0 Å². The van der Waals surface area contributed by atoms with E-state index in [0.29, 0.717) is 18.1 Å². The van der Waals surface area contributed by atoms with Crippen LogP contribution in [0.4, 0.5) is 4.39 Å². The molecule has 0 saturated carbocycles. The van der Waals surface area contributed by atoms with Crippen LogP contribution in [0.2, 0.25) is 5.02 Å². The van der Waals surface area contributed by atoms with E-state index in [1.54, 1.807) is 11.0 Å². The van der Waals surface area contributed by atoms with Crippen molar-refractivity contribution in [2.24, 2.45) is 11.1 Å². The van der Waals surface area contributed by atoms with E-state index in [0.717, 1.165) is 6.42 Å². The smallest absolute Gasteiger partial charge is 0.227 e. The molecule has 1 unspecified atom stereocenters. The van der Waals surface area contributed by atoms with Gasteiger partial charge in [-0.15, -0.1) is 0 Å². The number of piperidine rings is 1. The molecule has 1 fully saturated rings. The Morgan fingerprint density at radius 3 is 2.85 bits per heavy atom. The minimum atomic E-state index is -0.432. The van der Waals surface area contributed by atoms with E-state index in [9.17, 15) is 9.18 Å². The molecule has 0 aromatic heterocycles. The standard InChI is InChI=1S/C15H20ClFN2O/c1-15(2)9-19(7-6-13(15)18)14(20)8-10-11(16)4-3-5-12(10)17/h3-5,13H,6-9,18H2,1-2H3. The lowest BCUT2D eigenvalue weighted by molar-refractivity contribution is -0.133. The van der Waals surface area contributed by atoms with Crippen molar-refractivity contribution < 1.29 is 9.18 Å². The van der Waals surface area contributed by atoms with Crippen LogP contribution in [-0.4, -0.2) is 29.9 Å². The predicted molar refractivity (Wildman–Crippen MR) is 78.1 cm³/mol. The zero-order valence-electron chi connectivity index (χ0n) is 11.8. The molecule has 5 heteroatoms. The highest BCUT2D eigenvalue weighted by molar-refractivity contribution is 6.31. The number of carbonyl (C=O) groups excluding carboxylic acids is 1. The van der Waals surface area contributed by atoms with Gasteiger partial charge in [-0.25, -0.2) is 4.39 Å². The normalized spacial score (nSPS) is 21.9. The first-order valence-corrected chi connectivity index (χ1v) is 7.15. The second kappa shape index (κ2) is 5.70. The van der Waals surface area contributed by atoms with Crippen molar-refractivity contribution in [1.29, 1.82) is 0 Å². The summed E-state index contributed by atoms with van der Waals surface area (Å²) < 4.78 is 13.7. The molecule has 2 N–H and O–H groups in total. The van der Waals surface area contributed by atoms with Gasteiger partial charge in [-0.1, -0.05) is 31.5 Å². The van der Waals surface area contributed by atoms with Crippen LogP contribution >= 0.6 is 11.6 Å². The summed E-state index contributed by atoms with van der Waals surface area (Å²) in [6, 6.07) is 4.55. The summed E-state index contributed by atoms with van der Waals surface area (Å²) in [5, 5.41) is 0.298. The van der Waals surface area contributed by atoms with E-state index in [1.807, 2.05) is 13.8 Å². The summed E-state index contributed by atoms with van der Waals surface area (Å²) in [4.78, 5) is 14.1. The van der Waals surface area contributed by atoms with Gasteiger partial charge in [0.1, 0.15) is 5.82 Å². The molecule has 20 heavy (non-hydrogen) atoms. The van der Waals surface area contributed by atoms with Crippen molar-refractivity contribution in [3.05, 3.63) is 34.6 Å². The summed E-state index contributed by atoms with van der Waals surface area (Å²) in [6.45, 7) is 5.31. The predicted octanol–water partition coefficient (Wildman–Crippen LogP) is 2.61. The maximum atomic E-state index is 13.7. The molecular weight excluding hydrogens is 279 g/mol. The van der Waals surface area contributed by atoms with Crippen LogP contribution in [0, 0.1) is 11.2 Å². The third-order valence-corrected chi connectivity index (χ3v) is 4.41. The van der Waals surface area contributed by atoms with Gasteiger partial charge in [0.05, 0.1) is 6.42 Å². The first-order chi connectivity index (χ1) is 9.31. The summed E-state index contributed by atoms with van der Waals surface area (Å²) in [6.07, 6.45) is 0.764. The molecule has 0 spiro atoms. The number of hydrogen-bond donors (Lipinski definition) is 1. The van der Waals surface area contributed by atoms with Crippen LogP contribution in [0.15, 0.2) is 18.2 Å². The zero-order chi connectivity index (χ0) is 14.9. The molecule has 1 heterocycles. The molecule has 0 aliphatic carbocycles. The van der Waals surface area contributed by atoms with E-state index >= 15 is 0 Å². The lowest BCUT2D eigenvalue weighted by Gasteiger charge is -2.42. The Morgan fingerprint density at radius 1 is 1.55 bits per heavy atom. The van der Waals surface area contributed by atoms with E-state index in [-0.39, 0.29) is 29.3 Å². The molecule has 1 aliphatic heterocycles. The molecule has 0 bridgehead atoms. The summed E-state index contributed by atoms with van der Waals surface area (Å²) >= 11 is 5.96. The van der Waals surface area contributed by atoms with Crippen molar-refractivity contribution >= 4 is 17.5 Å². The van der Waals surface area contributed by atoms with Crippen LogP contribution in [0.1, 0.15) is 25.8 Å². The molecule has 1 atom stereocenters. The van der Waals surface area contributed by atoms with Crippen LogP contribution < -0.4 is 5.73 Å². The third-order valence-electron chi connectivity index (χ3n) is 4.05. The van der Waals surface area contributed by atoms with Gasteiger partial charge >= 0.3 is 0 Å². The van der Waals surface area contributed by atoms with E-state index in [4.69, 9.17) is 17.3 Å². The first kappa shape index (κ1) is 15.3. The number of nitrogens with zero attached hydrogens (tertiary/aromatic N) is 1. The number of halogens is 2. The number of nitrogens with two attached hydrogens (primary N) is 1. The van der Waals surface area contributed by atoms with E-state index in [1.165, 1.54) is 12.1 Å². The number of likely N-dealkylation sites (tertiary alicyclic amines) is 1. The summed E-state index contributed by atoms with van der Waals surface area (Å²) in [7, 11) is 0. The van der Waals surface area contributed by atoms with Gasteiger partial charge < -0.3 is 10.6 Å². The average Bonchev–Trinajstić information content (AvgIpc) is 2.37. The fourth-order valence-electron chi connectivity index (χ4n) is 2.55. The molecule has 3 nitrogen and oxygen atoms in total. The number of hydrogen-bond acceptors (Lipinski definition) is 2. The molecule has 1 aliphatic rings. The second-order valence-corrected chi connectivity index (χ2v) is 6.48. The van der Waals surface area contributed by atoms with Gasteiger partial charge in [0.25, 0.3) is 0 Å². The molecule has 1 amide bonds. The van der Waals surface area contributed by atoms with Gasteiger partial charge in [0.2, 0.25) is 5.91 Å². The Labute approximate surface area is 123 Å². The van der Waals surface area contributed by atoms with Crippen LogP contribution in [0.5, 0.6) is 0 Å². The quantitative estimate of drug-likeness (QED) is 0.912. The Hall–Kier alpha value is -1.13. The first-order valence-electron chi connectivity index (χ1n) is 6.77. The summed E-state index contributed by atoms with van der Waals surface area (Å²) in [5.74, 6) is -0.532. The maximum absolute atomic E-state index is 13.7. The molecule has 1 aromatic rings. The number of carbonyl (C=O) groups is 1. The lowest BCUT2D eigenvalue weighted by Crippen LogP contribution is -2.54. The highest BCUT2D eigenvalue weighted by Gasteiger charge is 2.35. The van der Waals surface area contributed by atoms with E-state index in [2.05, 4.69) is 0 Å². The van der Waals surface area contributed by atoms with Crippen molar-refractivity contribution in [2.75, 3.05) is 13.1 Å². The highest BCUT2D eigenvalue weighted by Crippen LogP contribution is 2.28. The Morgan fingerprint density at radius 2 is 2.25 bits per heavy atom. The third kappa shape index (κ3) is 3.13. The highest BCUT2D eigenvalue weighted by atomic mass is 35.5. The van der Waals surface area contributed by atoms with Crippen molar-refractivity contribution in [3.8, 4) is 0 Å². The molecule has 110 valence electrons. The number of amides is 1. The lowest BCUT2D eigenvalue weighted by atomic mass is 9.79. The van der Waals surface area contributed by atoms with Crippen molar-refractivity contribution in [3.63, 3.8) is 0 Å². The second-order valence-electron chi connectivity index (χ2n) is 6.08. The van der Waals surface area contributed by atoms with Crippen LogP contribution in [0.25, 0.3) is 0 Å². The molecule has 0 radical (unpaired) electrons. The topological polar surface area (TPSA) is 46.3 Å². The largest absolute Gasteiger partial charge is 0.342 e. The van der Waals surface area contributed by atoms with Gasteiger partial charge in [-0.05, 0) is 24.0 Å². The number of rotatable bonds is 2. The van der Waals surface area contributed by atoms with Crippen molar-refractivity contribution in [1.82, 2.24) is 4.90 Å². The monoisotopic (exact) mass is 298 g/mol. The fraction of sp³-hybridized carbons (Fsp3) is 0.533. The van der Waals surface area contributed by atoms with Gasteiger partial charge in [-0.3, -0.25) is 4.79 Å². The fourth-order valence-corrected chi connectivity index (χ4v) is 2.78. The van der Waals surface area contributed by atoms with Gasteiger partial charge in [0, 0.05) is 29.7 Å². The summed E-state index contributed by atoms with van der Waals surface area (Å²) in [5.41, 5.74) is 6.21. The minimum Gasteiger partial charge on any atom is -0.342 e. The van der Waals surface area contributed by atoms with Crippen molar-refractivity contribution in [2.45, 2.75) is 32.7 Å². The van der Waals surface area contributed by atoms with E-state index < -0.39 is 5.82 Å². The van der Waals surface area contributed by atoms with Crippen LogP contribution in [0.3, 0.4) is 0 Å². The molecule has 1 saturated heterocycles. The molecule has 2 rings (SSSR count). The van der Waals surface area contributed by atoms with Gasteiger partial charge in [-0.2, -0.15) is 0 Å². The Bertz CT molecular complexity index is 498. The number of benzene rings is 1. The molecular formula is C15H20ClFN2O. The SMILES string of the molecule is CC1(C)CN(C(=O)Cc2c(F)cccc2Cl)CCC1N. The zero-order valence-corrected chi connectivity index (χ0v) is 12.6.